The van der Waals surface area contributed by atoms with Crippen molar-refractivity contribution in [2.45, 2.75) is 12.5 Å². The van der Waals surface area contributed by atoms with Gasteiger partial charge < -0.3 is 11.1 Å². The van der Waals surface area contributed by atoms with Gasteiger partial charge >= 0.3 is 0 Å². The molecular weight excluding hydrogens is 342 g/mol. The molecule has 25 heavy (non-hydrogen) atoms. The van der Waals surface area contributed by atoms with Crippen molar-refractivity contribution in [1.82, 2.24) is 9.88 Å². The first-order valence-electron chi connectivity index (χ1n) is 7.57. The van der Waals surface area contributed by atoms with E-state index < -0.39 is 5.91 Å². The molecule has 1 atom stereocenters. The third-order valence-electron chi connectivity index (χ3n) is 3.88. The predicted molar refractivity (Wildman–Crippen MR) is 95.4 cm³/mol. The van der Waals surface area contributed by atoms with E-state index in [1.807, 2.05) is 6.07 Å². The van der Waals surface area contributed by atoms with Crippen LogP contribution in [0.5, 0.6) is 0 Å². The van der Waals surface area contributed by atoms with E-state index in [0.29, 0.717) is 5.69 Å². The van der Waals surface area contributed by atoms with Crippen molar-refractivity contribution in [2.75, 3.05) is 12.4 Å². The molecular formula is C17H16ClN5O2. The number of guanidine groups is 1. The van der Waals surface area contributed by atoms with Gasteiger partial charge in [-0.3, -0.25) is 14.5 Å². The van der Waals surface area contributed by atoms with E-state index in [-0.39, 0.29) is 35.0 Å². The number of nitrogens with two attached hydrogens (primary N) is 1. The van der Waals surface area contributed by atoms with Crippen molar-refractivity contribution in [3.05, 3.63) is 58.9 Å². The summed E-state index contributed by atoms with van der Waals surface area (Å²) in [5.74, 6) is -0.339. The Morgan fingerprint density at radius 1 is 1.36 bits per heavy atom. The highest BCUT2D eigenvalue weighted by molar-refractivity contribution is 6.34. The second kappa shape index (κ2) is 6.90. The summed E-state index contributed by atoms with van der Waals surface area (Å²) in [6, 6.07) is 9.99. The smallest absolute Gasteiger partial charge is 0.275 e. The van der Waals surface area contributed by atoms with Crippen LogP contribution < -0.4 is 11.1 Å². The van der Waals surface area contributed by atoms with Crippen LogP contribution in [-0.2, 0) is 4.79 Å². The summed E-state index contributed by atoms with van der Waals surface area (Å²) in [5.41, 5.74) is 7.26. The maximum atomic E-state index is 12.3. The highest BCUT2D eigenvalue weighted by atomic mass is 35.5. The zero-order chi connectivity index (χ0) is 18.0. The number of carbonyl (C=O) groups is 2. The minimum absolute atomic E-state index is 0.104. The Morgan fingerprint density at radius 2 is 2.16 bits per heavy atom. The number of nitrogens with one attached hydrogen (secondary N) is 1. The number of aliphatic imine (C=N–C) groups is 1. The summed E-state index contributed by atoms with van der Waals surface area (Å²) in [5, 5.41) is 3.02. The number of anilines is 1. The first-order valence-corrected chi connectivity index (χ1v) is 7.95. The average molecular weight is 358 g/mol. The summed E-state index contributed by atoms with van der Waals surface area (Å²) < 4.78 is 0. The van der Waals surface area contributed by atoms with Crippen LogP contribution in [0.3, 0.4) is 0 Å². The van der Waals surface area contributed by atoms with Gasteiger partial charge in [0, 0.05) is 18.9 Å². The number of aromatic nitrogens is 1. The number of hydrogen-bond acceptors (Lipinski definition) is 5. The molecule has 1 unspecified atom stereocenters. The van der Waals surface area contributed by atoms with Crippen molar-refractivity contribution in [2.24, 2.45) is 10.7 Å². The Hall–Kier alpha value is -2.93. The van der Waals surface area contributed by atoms with Gasteiger partial charge in [-0.1, -0.05) is 23.7 Å². The van der Waals surface area contributed by atoms with Crippen LogP contribution in [0, 0.1) is 0 Å². The van der Waals surface area contributed by atoms with E-state index >= 15 is 0 Å². The third-order valence-corrected chi connectivity index (χ3v) is 4.18. The summed E-state index contributed by atoms with van der Waals surface area (Å²) in [6.07, 6.45) is 1.72. The lowest BCUT2D eigenvalue weighted by molar-refractivity contribution is -0.127. The highest BCUT2D eigenvalue weighted by Gasteiger charge is 2.25. The van der Waals surface area contributed by atoms with Gasteiger partial charge in [0.1, 0.15) is 5.69 Å². The lowest BCUT2D eigenvalue weighted by atomic mass is 10.0. The van der Waals surface area contributed by atoms with E-state index in [2.05, 4.69) is 15.3 Å². The largest absolute Gasteiger partial charge is 0.369 e. The number of rotatable bonds is 3. The fourth-order valence-electron chi connectivity index (χ4n) is 2.48. The van der Waals surface area contributed by atoms with Gasteiger partial charge in [-0.2, -0.15) is 0 Å². The topological polar surface area (TPSA) is 101 Å². The van der Waals surface area contributed by atoms with E-state index in [4.69, 9.17) is 17.3 Å². The van der Waals surface area contributed by atoms with Gasteiger partial charge in [-0.05, 0) is 29.8 Å². The van der Waals surface area contributed by atoms with E-state index in [0.717, 1.165) is 5.56 Å². The van der Waals surface area contributed by atoms with Crippen molar-refractivity contribution < 1.29 is 9.59 Å². The van der Waals surface area contributed by atoms with Crippen molar-refractivity contribution in [1.29, 1.82) is 0 Å². The molecule has 128 valence electrons. The van der Waals surface area contributed by atoms with Gasteiger partial charge in [-0.15, -0.1) is 0 Å². The first kappa shape index (κ1) is 16.9. The van der Waals surface area contributed by atoms with E-state index in [9.17, 15) is 9.59 Å². The molecule has 0 saturated heterocycles. The number of pyridine rings is 1. The zero-order valence-corrected chi connectivity index (χ0v) is 14.2. The maximum Gasteiger partial charge on any atom is 0.275 e. The molecule has 8 heteroatoms. The summed E-state index contributed by atoms with van der Waals surface area (Å²) in [7, 11) is 1.59. The number of nitrogens with zero attached hydrogens (tertiary/aromatic N) is 3. The Morgan fingerprint density at radius 3 is 2.88 bits per heavy atom. The Bertz CT molecular complexity index is 868. The number of carbonyl (C=O) groups excluding carboxylic acids is 2. The first-order chi connectivity index (χ1) is 12.0. The molecule has 0 aliphatic carbocycles. The van der Waals surface area contributed by atoms with Crippen molar-refractivity contribution in [3.63, 3.8) is 0 Å². The summed E-state index contributed by atoms with van der Waals surface area (Å²) in [4.78, 5) is 33.9. The lowest BCUT2D eigenvalue weighted by Gasteiger charge is -2.25. The van der Waals surface area contributed by atoms with Crippen LogP contribution in [0.4, 0.5) is 5.69 Å². The molecule has 2 aromatic rings. The van der Waals surface area contributed by atoms with E-state index in [1.165, 1.54) is 11.1 Å². The molecule has 0 saturated carbocycles. The van der Waals surface area contributed by atoms with Crippen LogP contribution in [0.25, 0.3) is 0 Å². The molecule has 3 rings (SSSR count). The molecule has 1 aliphatic rings. The Balaban J connectivity index is 1.82. The number of amides is 2. The molecule has 0 spiro atoms. The second-order valence-electron chi connectivity index (χ2n) is 5.57. The van der Waals surface area contributed by atoms with Crippen LogP contribution in [-0.4, -0.2) is 34.7 Å². The third kappa shape index (κ3) is 3.61. The summed E-state index contributed by atoms with van der Waals surface area (Å²) in [6.45, 7) is 0. The van der Waals surface area contributed by atoms with Crippen LogP contribution in [0.1, 0.15) is 28.5 Å². The number of halogens is 1. The molecule has 0 bridgehead atoms. The van der Waals surface area contributed by atoms with Gasteiger partial charge in [0.05, 0.1) is 17.5 Å². The maximum absolute atomic E-state index is 12.3. The molecule has 1 aliphatic heterocycles. The molecule has 0 fully saturated rings. The van der Waals surface area contributed by atoms with Gasteiger partial charge in [0.25, 0.3) is 5.91 Å². The molecule has 2 heterocycles. The molecule has 1 aromatic carbocycles. The SMILES string of the molecule is CN1C(=O)CC(c2cccc(NC(=O)c3ncccc3Cl)c2)N=C1N. The van der Waals surface area contributed by atoms with Gasteiger partial charge in [-0.25, -0.2) is 9.98 Å². The monoisotopic (exact) mass is 357 g/mol. The fraction of sp³-hybridized carbons (Fsp3) is 0.176. The van der Waals surface area contributed by atoms with E-state index in [1.54, 1.807) is 37.4 Å². The molecule has 7 nitrogen and oxygen atoms in total. The number of benzene rings is 1. The number of hydrogen-bond donors (Lipinski definition) is 2. The molecule has 0 radical (unpaired) electrons. The van der Waals surface area contributed by atoms with Gasteiger partial charge in [0.15, 0.2) is 5.96 Å². The van der Waals surface area contributed by atoms with Crippen LogP contribution in [0.2, 0.25) is 5.02 Å². The van der Waals surface area contributed by atoms with Crippen molar-refractivity contribution in [3.8, 4) is 0 Å². The molecule has 3 N–H and O–H groups in total. The molecule has 1 aromatic heterocycles. The van der Waals surface area contributed by atoms with Crippen molar-refractivity contribution >= 4 is 35.1 Å². The Kier molecular flexibility index (Phi) is 4.67. The predicted octanol–water partition coefficient (Wildman–Crippen LogP) is 2.21. The molecule has 2 amide bonds. The standard InChI is InChI=1S/C17H16ClN5O2/c1-23-14(24)9-13(22-17(23)19)10-4-2-5-11(8-10)21-16(25)15-12(18)6-3-7-20-15/h2-8,13H,9H2,1H3,(H2,19,22)(H,21,25). The lowest BCUT2D eigenvalue weighted by Crippen LogP contribution is -2.42. The van der Waals surface area contributed by atoms with Crippen LogP contribution >= 0.6 is 11.6 Å². The Labute approximate surface area is 149 Å². The highest BCUT2D eigenvalue weighted by Crippen LogP contribution is 2.27. The van der Waals surface area contributed by atoms with Crippen LogP contribution in [0.15, 0.2) is 47.6 Å². The minimum atomic E-state index is -0.412. The summed E-state index contributed by atoms with van der Waals surface area (Å²) >= 11 is 5.99. The fourth-order valence-corrected chi connectivity index (χ4v) is 2.69. The average Bonchev–Trinajstić information content (AvgIpc) is 2.59. The minimum Gasteiger partial charge on any atom is -0.369 e. The van der Waals surface area contributed by atoms with Gasteiger partial charge in [0.2, 0.25) is 5.91 Å². The normalized spacial score (nSPS) is 17.2. The quantitative estimate of drug-likeness (QED) is 0.879. The second-order valence-corrected chi connectivity index (χ2v) is 5.98. The zero-order valence-electron chi connectivity index (χ0n) is 13.4.